The number of methoxy groups -OCH3 is 2. The molecule has 0 aliphatic rings. The Morgan fingerprint density at radius 1 is 1.19 bits per heavy atom. The molecule has 0 aromatic heterocycles. The van der Waals surface area contributed by atoms with Crippen LogP contribution in [0.5, 0.6) is 0 Å². The molecule has 0 bridgehead atoms. The van der Waals surface area contributed by atoms with Gasteiger partial charge in [-0.3, -0.25) is 4.79 Å². The lowest BCUT2D eigenvalue weighted by molar-refractivity contribution is -0.141. The summed E-state index contributed by atoms with van der Waals surface area (Å²) in [6, 6.07) is 4.44. The molecule has 1 N–H and O–H groups in total. The lowest BCUT2D eigenvalue weighted by Gasteiger charge is -2.20. The molecule has 1 aromatic rings. The minimum atomic E-state index is -0.188. The van der Waals surface area contributed by atoms with Crippen molar-refractivity contribution in [3.8, 4) is 0 Å². The minimum absolute atomic E-state index is 0.0627. The molecule has 0 spiro atoms. The first-order valence-corrected chi connectivity index (χ1v) is 7.33. The Morgan fingerprint density at radius 2 is 1.81 bits per heavy atom. The van der Waals surface area contributed by atoms with Crippen LogP contribution in [0.15, 0.2) is 12.1 Å². The summed E-state index contributed by atoms with van der Waals surface area (Å²) in [5, 5.41) is 3.38. The van der Waals surface area contributed by atoms with Crippen molar-refractivity contribution in [2.45, 2.75) is 39.7 Å². The fourth-order valence-electron chi connectivity index (χ4n) is 2.64. The van der Waals surface area contributed by atoms with E-state index < -0.39 is 0 Å². The maximum absolute atomic E-state index is 11.6. The van der Waals surface area contributed by atoms with Crippen LogP contribution in [-0.4, -0.2) is 39.4 Å². The number of esters is 1. The molecule has 1 aromatic carbocycles. The molecule has 0 aliphatic carbocycles. The molecule has 0 saturated heterocycles. The van der Waals surface area contributed by atoms with E-state index in [2.05, 4.69) is 38.2 Å². The van der Waals surface area contributed by atoms with E-state index in [4.69, 9.17) is 9.47 Å². The van der Waals surface area contributed by atoms with Crippen LogP contribution in [-0.2, 0) is 20.7 Å². The highest BCUT2D eigenvalue weighted by atomic mass is 16.5. The van der Waals surface area contributed by atoms with E-state index in [1.165, 1.54) is 29.4 Å². The zero-order chi connectivity index (χ0) is 15.8. The van der Waals surface area contributed by atoms with Crippen LogP contribution >= 0.6 is 0 Å². The monoisotopic (exact) mass is 293 g/mol. The second-order valence-corrected chi connectivity index (χ2v) is 5.51. The third kappa shape index (κ3) is 5.86. The molecule has 4 nitrogen and oxygen atoms in total. The molecule has 0 heterocycles. The van der Waals surface area contributed by atoms with Gasteiger partial charge in [-0.2, -0.15) is 0 Å². The number of hydrogen-bond donors (Lipinski definition) is 1. The van der Waals surface area contributed by atoms with E-state index in [9.17, 15) is 4.79 Å². The summed E-state index contributed by atoms with van der Waals surface area (Å²) in [6.45, 7) is 7.71. The van der Waals surface area contributed by atoms with Gasteiger partial charge in [-0.05, 0) is 43.9 Å². The molecular formula is C17H27NO3. The number of hydrogen-bond acceptors (Lipinski definition) is 4. The Labute approximate surface area is 127 Å². The number of aryl methyl sites for hydroxylation is 3. The quantitative estimate of drug-likeness (QED) is 0.590. The standard InChI is InChI=1S/C17H27NO3/c1-12-8-13(2)16(14(3)9-12)10-15(11-17(19)21-5)18-6-7-20-4/h8-9,15,18H,6-7,10-11H2,1-5H3. The van der Waals surface area contributed by atoms with Crippen LogP contribution in [0.1, 0.15) is 28.7 Å². The summed E-state index contributed by atoms with van der Waals surface area (Å²) in [7, 11) is 3.10. The van der Waals surface area contributed by atoms with E-state index in [1.54, 1.807) is 7.11 Å². The van der Waals surface area contributed by atoms with Crippen molar-refractivity contribution in [1.82, 2.24) is 5.32 Å². The largest absolute Gasteiger partial charge is 0.469 e. The summed E-state index contributed by atoms with van der Waals surface area (Å²) in [5.74, 6) is -0.188. The molecule has 1 atom stereocenters. The first kappa shape index (κ1) is 17.7. The lowest BCUT2D eigenvalue weighted by atomic mass is 9.93. The van der Waals surface area contributed by atoms with Gasteiger partial charge in [0.15, 0.2) is 0 Å². The smallest absolute Gasteiger partial charge is 0.307 e. The average molecular weight is 293 g/mol. The van der Waals surface area contributed by atoms with Crippen molar-refractivity contribution in [3.63, 3.8) is 0 Å². The van der Waals surface area contributed by atoms with Gasteiger partial charge in [0.1, 0.15) is 0 Å². The third-order valence-electron chi connectivity index (χ3n) is 3.67. The summed E-state index contributed by atoms with van der Waals surface area (Å²) >= 11 is 0. The maximum atomic E-state index is 11.6. The van der Waals surface area contributed by atoms with Crippen LogP contribution in [0, 0.1) is 20.8 Å². The number of ether oxygens (including phenoxy) is 2. The molecule has 4 heteroatoms. The van der Waals surface area contributed by atoms with E-state index in [-0.39, 0.29) is 12.0 Å². The predicted octanol–water partition coefficient (Wildman–Crippen LogP) is 2.32. The molecule has 0 aliphatic heterocycles. The molecule has 0 radical (unpaired) electrons. The fourth-order valence-corrected chi connectivity index (χ4v) is 2.64. The van der Waals surface area contributed by atoms with Crippen LogP contribution in [0.4, 0.5) is 0 Å². The maximum Gasteiger partial charge on any atom is 0.307 e. The van der Waals surface area contributed by atoms with Crippen molar-refractivity contribution < 1.29 is 14.3 Å². The number of carbonyl (C=O) groups excluding carboxylic acids is 1. The second-order valence-electron chi connectivity index (χ2n) is 5.51. The number of nitrogens with one attached hydrogen (secondary N) is 1. The van der Waals surface area contributed by atoms with E-state index in [0.717, 1.165) is 13.0 Å². The third-order valence-corrected chi connectivity index (χ3v) is 3.67. The van der Waals surface area contributed by atoms with Crippen molar-refractivity contribution >= 4 is 5.97 Å². The molecule has 0 saturated carbocycles. The van der Waals surface area contributed by atoms with E-state index in [1.807, 2.05) is 0 Å². The molecule has 1 unspecified atom stereocenters. The number of carbonyl (C=O) groups is 1. The van der Waals surface area contributed by atoms with Gasteiger partial charge in [-0.25, -0.2) is 0 Å². The Kier molecular flexibility index (Phi) is 7.40. The molecular weight excluding hydrogens is 266 g/mol. The van der Waals surface area contributed by atoms with Crippen molar-refractivity contribution in [2.75, 3.05) is 27.4 Å². The highest BCUT2D eigenvalue weighted by Crippen LogP contribution is 2.19. The first-order chi connectivity index (χ1) is 9.97. The summed E-state index contributed by atoms with van der Waals surface area (Å²) in [5.41, 5.74) is 5.12. The minimum Gasteiger partial charge on any atom is -0.469 e. The van der Waals surface area contributed by atoms with E-state index in [0.29, 0.717) is 13.0 Å². The fraction of sp³-hybridized carbons (Fsp3) is 0.588. The zero-order valence-corrected chi connectivity index (χ0v) is 13.8. The van der Waals surface area contributed by atoms with E-state index >= 15 is 0 Å². The van der Waals surface area contributed by atoms with Crippen molar-refractivity contribution in [3.05, 3.63) is 34.4 Å². The lowest BCUT2D eigenvalue weighted by Crippen LogP contribution is -2.36. The van der Waals surface area contributed by atoms with Crippen LogP contribution < -0.4 is 5.32 Å². The molecule has 0 fully saturated rings. The first-order valence-electron chi connectivity index (χ1n) is 7.33. The Balaban J connectivity index is 2.81. The predicted molar refractivity (Wildman–Crippen MR) is 84.7 cm³/mol. The molecule has 0 amide bonds. The van der Waals surface area contributed by atoms with Gasteiger partial charge in [0, 0.05) is 19.7 Å². The van der Waals surface area contributed by atoms with Crippen LogP contribution in [0.25, 0.3) is 0 Å². The molecule has 118 valence electrons. The SMILES string of the molecule is COCCNC(CC(=O)OC)Cc1c(C)cc(C)cc1C. The normalized spacial score (nSPS) is 12.2. The summed E-state index contributed by atoms with van der Waals surface area (Å²) < 4.78 is 9.85. The van der Waals surface area contributed by atoms with Gasteiger partial charge in [0.2, 0.25) is 0 Å². The summed E-state index contributed by atoms with van der Waals surface area (Å²) in [4.78, 5) is 11.6. The highest BCUT2D eigenvalue weighted by molar-refractivity contribution is 5.70. The molecule has 1 rings (SSSR count). The Bertz CT molecular complexity index is 448. The number of benzene rings is 1. The van der Waals surface area contributed by atoms with Crippen molar-refractivity contribution in [2.24, 2.45) is 0 Å². The zero-order valence-electron chi connectivity index (χ0n) is 13.8. The Hall–Kier alpha value is -1.39. The van der Waals surface area contributed by atoms with Gasteiger partial charge < -0.3 is 14.8 Å². The van der Waals surface area contributed by atoms with Gasteiger partial charge in [0.05, 0.1) is 20.1 Å². The second kappa shape index (κ2) is 8.80. The average Bonchev–Trinajstić information content (AvgIpc) is 2.42. The highest BCUT2D eigenvalue weighted by Gasteiger charge is 2.16. The Morgan fingerprint density at radius 3 is 2.33 bits per heavy atom. The summed E-state index contributed by atoms with van der Waals surface area (Å²) in [6.07, 6.45) is 1.18. The topological polar surface area (TPSA) is 47.6 Å². The van der Waals surface area contributed by atoms with Crippen LogP contribution in [0.3, 0.4) is 0 Å². The van der Waals surface area contributed by atoms with Gasteiger partial charge in [-0.15, -0.1) is 0 Å². The van der Waals surface area contributed by atoms with Gasteiger partial charge in [0.25, 0.3) is 0 Å². The molecule has 21 heavy (non-hydrogen) atoms. The number of rotatable bonds is 8. The van der Waals surface area contributed by atoms with Crippen LogP contribution in [0.2, 0.25) is 0 Å². The van der Waals surface area contributed by atoms with Gasteiger partial charge in [-0.1, -0.05) is 17.7 Å². The van der Waals surface area contributed by atoms with Crippen molar-refractivity contribution in [1.29, 1.82) is 0 Å². The van der Waals surface area contributed by atoms with Gasteiger partial charge >= 0.3 is 5.97 Å².